The molecule has 2 amide bonds. The van der Waals surface area contributed by atoms with E-state index in [1.54, 1.807) is 42.5 Å². The maximum atomic E-state index is 13.0. The number of carbonyl (C=O) groups is 2. The van der Waals surface area contributed by atoms with Crippen LogP contribution in [0.1, 0.15) is 25.8 Å². The molecule has 150 valence electrons. The minimum Gasteiger partial charge on any atom is -0.489 e. The number of benzene rings is 2. The van der Waals surface area contributed by atoms with Gasteiger partial charge in [0.1, 0.15) is 11.3 Å². The van der Waals surface area contributed by atoms with Crippen LogP contribution in [0.2, 0.25) is 10.0 Å². The van der Waals surface area contributed by atoms with E-state index in [2.05, 4.69) is 5.32 Å². The second-order valence-corrected chi connectivity index (χ2v) is 7.69. The molecule has 0 bridgehead atoms. The third-order valence-corrected chi connectivity index (χ3v) is 5.19. The van der Waals surface area contributed by atoms with Crippen LogP contribution in [0.3, 0.4) is 0 Å². The molecule has 1 aliphatic rings. The van der Waals surface area contributed by atoms with Crippen molar-refractivity contribution < 1.29 is 14.3 Å². The van der Waals surface area contributed by atoms with Crippen LogP contribution in [0.4, 0.5) is 5.69 Å². The Hall–Kier alpha value is -2.41. The van der Waals surface area contributed by atoms with Crippen LogP contribution >= 0.6 is 35.4 Å². The van der Waals surface area contributed by atoms with Crippen molar-refractivity contribution in [3.8, 4) is 5.75 Å². The summed E-state index contributed by atoms with van der Waals surface area (Å²) in [7, 11) is 0. The molecule has 0 spiro atoms. The monoisotopic (exact) mass is 448 g/mol. The van der Waals surface area contributed by atoms with Gasteiger partial charge >= 0.3 is 0 Å². The van der Waals surface area contributed by atoms with E-state index in [4.69, 9.17) is 40.2 Å². The van der Waals surface area contributed by atoms with E-state index in [9.17, 15) is 9.59 Å². The molecule has 1 aliphatic heterocycles. The van der Waals surface area contributed by atoms with Gasteiger partial charge in [-0.15, -0.1) is 0 Å². The Bertz CT molecular complexity index is 1010. The lowest BCUT2D eigenvalue weighted by molar-refractivity contribution is -0.122. The van der Waals surface area contributed by atoms with E-state index in [-0.39, 0.29) is 16.8 Å². The molecule has 1 heterocycles. The molecule has 2 aromatic carbocycles. The summed E-state index contributed by atoms with van der Waals surface area (Å²) >= 11 is 17.4. The van der Waals surface area contributed by atoms with Crippen molar-refractivity contribution >= 4 is 64.1 Å². The predicted octanol–water partition coefficient (Wildman–Crippen LogP) is 5.00. The number of anilines is 1. The number of hydrogen-bond donors (Lipinski definition) is 1. The number of nitrogens with one attached hydrogen (secondary N) is 1. The van der Waals surface area contributed by atoms with Gasteiger partial charge in [-0.1, -0.05) is 36.2 Å². The van der Waals surface area contributed by atoms with Gasteiger partial charge in [-0.3, -0.25) is 19.8 Å². The first-order chi connectivity index (χ1) is 13.8. The summed E-state index contributed by atoms with van der Waals surface area (Å²) in [6.07, 6.45) is 2.34. The van der Waals surface area contributed by atoms with E-state index in [0.29, 0.717) is 27.0 Å². The third kappa shape index (κ3) is 4.78. The molecule has 1 atom stereocenters. The lowest BCUT2D eigenvalue weighted by Crippen LogP contribution is -2.54. The fourth-order valence-corrected chi connectivity index (χ4v) is 3.29. The maximum absolute atomic E-state index is 13.0. The van der Waals surface area contributed by atoms with Crippen LogP contribution < -0.4 is 15.0 Å². The first kappa shape index (κ1) is 21.3. The summed E-state index contributed by atoms with van der Waals surface area (Å²) < 4.78 is 5.75. The van der Waals surface area contributed by atoms with Gasteiger partial charge in [-0.05, 0) is 73.6 Å². The Balaban J connectivity index is 1.92. The van der Waals surface area contributed by atoms with Crippen molar-refractivity contribution in [3.63, 3.8) is 0 Å². The molecule has 0 aliphatic carbocycles. The van der Waals surface area contributed by atoms with Crippen LogP contribution in [0.15, 0.2) is 48.0 Å². The number of hydrogen-bond acceptors (Lipinski definition) is 4. The van der Waals surface area contributed by atoms with Gasteiger partial charge in [0.2, 0.25) is 0 Å². The van der Waals surface area contributed by atoms with Gasteiger partial charge < -0.3 is 4.74 Å². The molecule has 1 saturated heterocycles. The number of halogens is 2. The van der Waals surface area contributed by atoms with Gasteiger partial charge in [-0.2, -0.15) is 0 Å². The third-order valence-electron chi connectivity index (χ3n) is 4.36. The average molecular weight is 449 g/mol. The summed E-state index contributed by atoms with van der Waals surface area (Å²) in [5.41, 5.74) is 1.04. The fourth-order valence-electron chi connectivity index (χ4n) is 2.65. The van der Waals surface area contributed by atoms with E-state index in [1.807, 2.05) is 13.8 Å². The maximum Gasteiger partial charge on any atom is 0.270 e. The summed E-state index contributed by atoms with van der Waals surface area (Å²) in [5.74, 6) is -0.551. The number of thiocarbonyl (C=S) groups is 1. The zero-order valence-corrected chi connectivity index (χ0v) is 18.1. The standard InChI is InChI=1S/C21H18Cl2N2O3S/c1-3-12(2)28-18-9-4-13(11-17(18)23)10-16-19(26)24-21(29)25(20(16)27)15-7-5-14(22)6-8-15/h4-12H,3H2,1-2H3,(H,24,26,29)/b16-10+/t12-/m1/s1. The van der Waals surface area contributed by atoms with Crippen molar-refractivity contribution in [1.82, 2.24) is 5.32 Å². The zero-order valence-electron chi connectivity index (χ0n) is 15.7. The summed E-state index contributed by atoms with van der Waals surface area (Å²) in [6.45, 7) is 3.97. The molecule has 0 radical (unpaired) electrons. The van der Waals surface area contributed by atoms with Gasteiger partial charge in [0.05, 0.1) is 16.8 Å². The smallest absolute Gasteiger partial charge is 0.270 e. The molecular formula is C21H18Cl2N2O3S. The van der Waals surface area contributed by atoms with Crippen molar-refractivity contribution in [2.24, 2.45) is 0 Å². The zero-order chi connectivity index (χ0) is 21.1. The van der Waals surface area contributed by atoms with Crippen molar-refractivity contribution in [2.45, 2.75) is 26.4 Å². The highest BCUT2D eigenvalue weighted by Gasteiger charge is 2.34. The second-order valence-electron chi connectivity index (χ2n) is 6.46. The first-order valence-electron chi connectivity index (χ1n) is 8.93. The minimum atomic E-state index is -0.568. The molecule has 1 N–H and O–H groups in total. The molecule has 1 fully saturated rings. The quantitative estimate of drug-likeness (QED) is 0.397. The number of carbonyl (C=O) groups excluding carboxylic acids is 2. The number of rotatable bonds is 5. The van der Waals surface area contributed by atoms with E-state index in [0.717, 1.165) is 6.42 Å². The van der Waals surface area contributed by atoms with Crippen LogP contribution in [0.5, 0.6) is 5.75 Å². The highest BCUT2D eigenvalue weighted by atomic mass is 35.5. The van der Waals surface area contributed by atoms with Crippen molar-refractivity contribution in [3.05, 3.63) is 63.6 Å². The van der Waals surface area contributed by atoms with Gasteiger partial charge in [0.15, 0.2) is 5.11 Å². The molecule has 3 rings (SSSR count). The Morgan fingerprint density at radius 2 is 1.86 bits per heavy atom. The lowest BCUT2D eigenvalue weighted by atomic mass is 10.1. The van der Waals surface area contributed by atoms with Gasteiger partial charge in [0, 0.05) is 5.02 Å². The van der Waals surface area contributed by atoms with E-state index in [1.165, 1.54) is 11.0 Å². The normalized spacial score (nSPS) is 16.8. The molecule has 0 aromatic heterocycles. The van der Waals surface area contributed by atoms with Crippen LogP contribution in [-0.4, -0.2) is 23.0 Å². The molecule has 5 nitrogen and oxygen atoms in total. The Morgan fingerprint density at radius 1 is 1.17 bits per heavy atom. The number of nitrogens with zero attached hydrogens (tertiary/aromatic N) is 1. The molecular weight excluding hydrogens is 431 g/mol. The lowest BCUT2D eigenvalue weighted by Gasteiger charge is -2.29. The average Bonchev–Trinajstić information content (AvgIpc) is 2.68. The van der Waals surface area contributed by atoms with Crippen molar-refractivity contribution in [1.29, 1.82) is 0 Å². The fraction of sp³-hybridized carbons (Fsp3) is 0.190. The molecule has 29 heavy (non-hydrogen) atoms. The first-order valence-corrected chi connectivity index (χ1v) is 10.1. The second kappa shape index (κ2) is 8.95. The molecule has 0 saturated carbocycles. The molecule has 8 heteroatoms. The Kier molecular flexibility index (Phi) is 6.57. The highest BCUT2D eigenvalue weighted by Crippen LogP contribution is 2.29. The topological polar surface area (TPSA) is 58.6 Å². The van der Waals surface area contributed by atoms with Gasteiger partial charge in [0.25, 0.3) is 11.8 Å². The van der Waals surface area contributed by atoms with Crippen LogP contribution in [-0.2, 0) is 9.59 Å². The van der Waals surface area contributed by atoms with Crippen LogP contribution in [0, 0.1) is 0 Å². The predicted molar refractivity (Wildman–Crippen MR) is 119 cm³/mol. The van der Waals surface area contributed by atoms with E-state index >= 15 is 0 Å². The SMILES string of the molecule is CC[C@@H](C)Oc1ccc(/C=C2\C(=O)NC(=S)N(c3ccc(Cl)cc3)C2=O)cc1Cl. The Labute approximate surface area is 184 Å². The summed E-state index contributed by atoms with van der Waals surface area (Å²) in [6, 6.07) is 11.7. The minimum absolute atomic E-state index is 0.00908. The molecule has 2 aromatic rings. The molecule has 0 unspecified atom stereocenters. The summed E-state index contributed by atoms with van der Waals surface area (Å²) in [5, 5.41) is 3.47. The highest BCUT2D eigenvalue weighted by molar-refractivity contribution is 7.80. The van der Waals surface area contributed by atoms with Crippen molar-refractivity contribution in [2.75, 3.05) is 4.90 Å². The number of amides is 2. The van der Waals surface area contributed by atoms with Crippen LogP contribution in [0.25, 0.3) is 6.08 Å². The largest absolute Gasteiger partial charge is 0.489 e. The summed E-state index contributed by atoms with van der Waals surface area (Å²) in [4.78, 5) is 26.6. The van der Waals surface area contributed by atoms with Gasteiger partial charge in [-0.25, -0.2) is 0 Å². The van der Waals surface area contributed by atoms with E-state index < -0.39 is 11.8 Å². The Morgan fingerprint density at radius 3 is 2.48 bits per heavy atom. The number of ether oxygens (including phenoxy) is 1.